The van der Waals surface area contributed by atoms with Crippen molar-refractivity contribution in [1.29, 1.82) is 0 Å². The van der Waals surface area contributed by atoms with E-state index in [1.807, 2.05) is 30.0 Å². The molecule has 2 rings (SSSR count). The molecule has 0 unspecified atom stereocenters. The van der Waals surface area contributed by atoms with Gasteiger partial charge in [0.1, 0.15) is 6.54 Å². The molecule has 1 heterocycles. The van der Waals surface area contributed by atoms with Crippen LogP contribution in [0.2, 0.25) is 0 Å². The lowest BCUT2D eigenvalue weighted by Gasteiger charge is -2.31. The van der Waals surface area contributed by atoms with Gasteiger partial charge < -0.3 is 15.0 Å². The van der Waals surface area contributed by atoms with Crippen LogP contribution in [0.5, 0.6) is 0 Å². The van der Waals surface area contributed by atoms with Gasteiger partial charge >= 0.3 is 5.97 Å². The van der Waals surface area contributed by atoms with Gasteiger partial charge in [0.25, 0.3) is 5.91 Å². The number of piperidine rings is 1. The van der Waals surface area contributed by atoms with E-state index in [1.165, 1.54) is 13.5 Å². The Kier molecular flexibility index (Phi) is 5.41. The lowest BCUT2D eigenvalue weighted by molar-refractivity contribution is -0.138. The van der Waals surface area contributed by atoms with Crippen LogP contribution in [0.1, 0.15) is 35.7 Å². The number of amides is 1. The number of rotatable bonds is 4. The second-order valence-electron chi connectivity index (χ2n) is 5.96. The van der Waals surface area contributed by atoms with E-state index < -0.39 is 0 Å². The van der Waals surface area contributed by atoms with E-state index >= 15 is 0 Å². The molecule has 1 N–H and O–H groups in total. The first-order chi connectivity index (χ1) is 10.5. The third-order valence-corrected chi connectivity index (χ3v) is 4.07. The van der Waals surface area contributed by atoms with Gasteiger partial charge in [0, 0.05) is 24.3 Å². The summed E-state index contributed by atoms with van der Waals surface area (Å²) in [6.07, 6.45) is 2.27. The average molecular weight is 304 g/mol. The fourth-order valence-electron chi connectivity index (χ4n) is 2.79. The van der Waals surface area contributed by atoms with Crippen molar-refractivity contribution in [3.05, 3.63) is 29.3 Å². The van der Waals surface area contributed by atoms with Gasteiger partial charge in [0.05, 0.1) is 7.11 Å². The Balaban J connectivity index is 2.04. The van der Waals surface area contributed by atoms with Crippen LogP contribution in [0.3, 0.4) is 0 Å². The van der Waals surface area contributed by atoms with Crippen molar-refractivity contribution in [2.45, 2.75) is 26.7 Å². The Morgan fingerprint density at radius 1 is 1.41 bits per heavy atom. The topological polar surface area (TPSA) is 58.6 Å². The summed E-state index contributed by atoms with van der Waals surface area (Å²) in [6, 6.07) is 5.54. The molecule has 0 radical (unpaired) electrons. The number of hydrogen-bond acceptors (Lipinski definition) is 4. The summed E-state index contributed by atoms with van der Waals surface area (Å²) in [7, 11) is 1.36. The van der Waals surface area contributed by atoms with Crippen molar-refractivity contribution in [3.8, 4) is 0 Å². The highest BCUT2D eigenvalue weighted by Crippen LogP contribution is 2.21. The second kappa shape index (κ2) is 7.29. The number of methoxy groups -OCH3 is 1. The quantitative estimate of drug-likeness (QED) is 0.868. The minimum Gasteiger partial charge on any atom is -0.468 e. The van der Waals surface area contributed by atoms with Gasteiger partial charge in [-0.15, -0.1) is 0 Å². The third-order valence-electron chi connectivity index (χ3n) is 4.07. The molecule has 1 aliphatic heterocycles. The summed E-state index contributed by atoms with van der Waals surface area (Å²) in [5.41, 5.74) is 2.49. The maximum Gasteiger partial charge on any atom is 0.325 e. The van der Waals surface area contributed by atoms with Crippen LogP contribution in [0, 0.1) is 12.8 Å². The smallest absolute Gasteiger partial charge is 0.325 e. The highest BCUT2D eigenvalue weighted by atomic mass is 16.5. The van der Waals surface area contributed by atoms with E-state index in [0.717, 1.165) is 30.8 Å². The highest BCUT2D eigenvalue weighted by molar-refractivity contribution is 5.95. The second-order valence-corrected chi connectivity index (χ2v) is 5.96. The standard InChI is InChI=1S/C17H24N2O3/c1-12-5-4-8-19(11-12)17(21)14-6-7-15(13(2)9-14)18-10-16(20)22-3/h6-7,9,12,18H,4-5,8,10-11H2,1-3H3/t12-/m1/s1. The summed E-state index contributed by atoms with van der Waals surface area (Å²) in [4.78, 5) is 25.7. The number of esters is 1. The SMILES string of the molecule is COC(=O)CNc1ccc(C(=O)N2CCC[C@@H](C)C2)cc1C. The Hall–Kier alpha value is -2.04. The summed E-state index contributed by atoms with van der Waals surface area (Å²) < 4.78 is 4.60. The highest BCUT2D eigenvalue weighted by Gasteiger charge is 2.22. The van der Waals surface area contributed by atoms with Crippen LogP contribution in [0.4, 0.5) is 5.69 Å². The van der Waals surface area contributed by atoms with E-state index in [-0.39, 0.29) is 18.4 Å². The van der Waals surface area contributed by atoms with Crippen molar-refractivity contribution in [3.63, 3.8) is 0 Å². The number of carbonyl (C=O) groups is 2. The number of aryl methyl sites for hydroxylation is 1. The van der Waals surface area contributed by atoms with Gasteiger partial charge in [0.2, 0.25) is 0 Å². The molecule has 1 atom stereocenters. The average Bonchev–Trinajstić information content (AvgIpc) is 2.52. The molecule has 0 spiro atoms. The van der Waals surface area contributed by atoms with E-state index in [0.29, 0.717) is 11.5 Å². The first-order valence-corrected chi connectivity index (χ1v) is 7.72. The van der Waals surface area contributed by atoms with Gasteiger partial charge in [-0.25, -0.2) is 0 Å². The van der Waals surface area contributed by atoms with Crippen molar-refractivity contribution >= 4 is 17.6 Å². The van der Waals surface area contributed by atoms with E-state index in [9.17, 15) is 9.59 Å². The zero-order valence-corrected chi connectivity index (χ0v) is 13.5. The van der Waals surface area contributed by atoms with Crippen LogP contribution < -0.4 is 5.32 Å². The molecule has 0 bridgehead atoms. The van der Waals surface area contributed by atoms with Gasteiger partial charge in [-0.05, 0) is 49.4 Å². The Bertz CT molecular complexity index is 557. The molecule has 0 aliphatic carbocycles. The molecule has 1 fully saturated rings. The number of benzene rings is 1. The van der Waals surface area contributed by atoms with Gasteiger partial charge in [-0.3, -0.25) is 9.59 Å². The molecule has 1 aromatic rings. The molecule has 22 heavy (non-hydrogen) atoms. The minimum absolute atomic E-state index is 0.0918. The van der Waals surface area contributed by atoms with Gasteiger partial charge in [-0.2, -0.15) is 0 Å². The molecule has 1 aliphatic rings. The summed E-state index contributed by atoms with van der Waals surface area (Å²) >= 11 is 0. The molecular formula is C17H24N2O3. The molecular weight excluding hydrogens is 280 g/mol. The minimum atomic E-state index is -0.318. The van der Waals surface area contributed by atoms with Gasteiger partial charge in [-0.1, -0.05) is 6.92 Å². The number of ether oxygens (including phenoxy) is 1. The molecule has 1 saturated heterocycles. The van der Waals surface area contributed by atoms with Crippen molar-refractivity contribution < 1.29 is 14.3 Å². The lowest BCUT2D eigenvalue weighted by atomic mass is 9.99. The zero-order chi connectivity index (χ0) is 16.1. The van der Waals surface area contributed by atoms with Gasteiger partial charge in [0.15, 0.2) is 0 Å². The van der Waals surface area contributed by atoms with E-state index in [4.69, 9.17) is 0 Å². The first kappa shape index (κ1) is 16.3. The molecule has 1 aromatic carbocycles. The number of anilines is 1. The maximum absolute atomic E-state index is 12.6. The fraction of sp³-hybridized carbons (Fsp3) is 0.529. The van der Waals surface area contributed by atoms with Crippen LogP contribution in [0.15, 0.2) is 18.2 Å². The largest absolute Gasteiger partial charge is 0.468 e. The third kappa shape index (κ3) is 4.00. The predicted octanol–water partition coefficient (Wildman–Crippen LogP) is 2.45. The molecule has 120 valence electrons. The number of likely N-dealkylation sites (tertiary alicyclic amines) is 1. The molecule has 0 saturated carbocycles. The lowest BCUT2D eigenvalue weighted by Crippen LogP contribution is -2.39. The summed E-state index contributed by atoms with van der Waals surface area (Å²) in [6.45, 7) is 5.90. The number of nitrogens with zero attached hydrogens (tertiary/aromatic N) is 1. The van der Waals surface area contributed by atoms with Crippen LogP contribution >= 0.6 is 0 Å². The monoisotopic (exact) mass is 304 g/mol. The molecule has 5 nitrogen and oxygen atoms in total. The number of nitrogens with one attached hydrogen (secondary N) is 1. The summed E-state index contributed by atoms with van der Waals surface area (Å²) in [5, 5.41) is 3.02. The Labute approximate surface area is 131 Å². The van der Waals surface area contributed by atoms with Crippen molar-refractivity contribution in [2.24, 2.45) is 5.92 Å². The molecule has 1 amide bonds. The van der Waals surface area contributed by atoms with Crippen molar-refractivity contribution in [2.75, 3.05) is 32.1 Å². The van der Waals surface area contributed by atoms with Crippen LogP contribution in [-0.2, 0) is 9.53 Å². The molecule has 5 heteroatoms. The van der Waals surface area contributed by atoms with Crippen LogP contribution in [0.25, 0.3) is 0 Å². The number of carbonyl (C=O) groups excluding carboxylic acids is 2. The van der Waals surface area contributed by atoms with E-state index in [2.05, 4.69) is 17.0 Å². The normalized spacial score (nSPS) is 18.0. The van der Waals surface area contributed by atoms with Crippen molar-refractivity contribution in [1.82, 2.24) is 4.90 Å². The molecule has 0 aromatic heterocycles. The first-order valence-electron chi connectivity index (χ1n) is 7.72. The fourth-order valence-corrected chi connectivity index (χ4v) is 2.79. The Morgan fingerprint density at radius 3 is 2.82 bits per heavy atom. The summed E-state index contributed by atoms with van der Waals surface area (Å²) in [5.74, 6) is 0.343. The Morgan fingerprint density at radius 2 is 2.18 bits per heavy atom. The van der Waals surface area contributed by atoms with Crippen LogP contribution in [-0.4, -0.2) is 43.5 Å². The number of hydrogen-bond donors (Lipinski definition) is 1. The zero-order valence-electron chi connectivity index (χ0n) is 13.5. The maximum atomic E-state index is 12.6. The van der Waals surface area contributed by atoms with E-state index in [1.54, 1.807) is 0 Å². The predicted molar refractivity (Wildman–Crippen MR) is 86.0 cm³/mol.